The van der Waals surface area contributed by atoms with Gasteiger partial charge in [-0.2, -0.15) is 0 Å². The number of aryl methyl sites for hydroxylation is 1. The minimum Gasteiger partial charge on any atom is -0.338 e. The van der Waals surface area contributed by atoms with Crippen LogP contribution in [0.2, 0.25) is 0 Å². The van der Waals surface area contributed by atoms with Crippen molar-refractivity contribution in [2.75, 3.05) is 38.0 Å². The Bertz CT molecular complexity index is 510. The molecule has 1 aliphatic rings. The van der Waals surface area contributed by atoms with E-state index in [9.17, 15) is 9.59 Å². The van der Waals surface area contributed by atoms with Crippen molar-refractivity contribution in [2.24, 2.45) is 0 Å². The zero-order chi connectivity index (χ0) is 15.2. The van der Waals surface area contributed by atoms with Crippen molar-refractivity contribution in [3.63, 3.8) is 0 Å². The highest BCUT2D eigenvalue weighted by atomic mass is 16.2. The molecule has 0 aliphatic carbocycles. The molecule has 1 heterocycles. The summed E-state index contributed by atoms with van der Waals surface area (Å²) in [5, 5.41) is 5.66. The van der Waals surface area contributed by atoms with Crippen molar-refractivity contribution in [1.29, 1.82) is 0 Å². The zero-order valence-electron chi connectivity index (χ0n) is 12.6. The van der Waals surface area contributed by atoms with Gasteiger partial charge in [-0.15, -0.1) is 0 Å². The Balaban J connectivity index is 1.84. The summed E-state index contributed by atoms with van der Waals surface area (Å²) in [6.07, 6.45) is 0. The van der Waals surface area contributed by atoms with E-state index in [0.717, 1.165) is 11.3 Å². The van der Waals surface area contributed by atoms with Crippen LogP contribution in [0.4, 0.5) is 15.3 Å². The molecule has 0 spiro atoms. The molecule has 6 nitrogen and oxygen atoms in total. The van der Waals surface area contributed by atoms with Crippen LogP contribution in [-0.4, -0.2) is 54.6 Å². The van der Waals surface area contributed by atoms with Gasteiger partial charge in [-0.1, -0.05) is 12.1 Å². The van der Waals surface area contributed by atoms with Crippen molar-refractivity contribution in [2.45, 2.75) is 13.8 Å². The summed E-state index contributed by atoms with van der Waals surface area (Å²) in [4.78, 5) is 27.3. The lowest BCUT2D eigenvalue weighted by Crippen LogP contribution is -2.53. The average Bonchev–Trinajstić information content (AvgIpc) is 2.47. The summed E-state index contributed by atoms with van der Waals surface area (Å²) >= 11 is 0. The standard InChI is InChI=1S/C15H22N4O2/c1-3-16-14(20)18-7-9-19(10-8-18)15(21)17-13-6-4-5-12(2)11-13/h4-6,11H,3,7-10H2,1-2H3,(H,16,20)(H,17,21). The molecule has 1 saturated heterocycles. The number of benzene rings is 1. The number of carbonyl (C=O) groups is 2. The predicted molar refractivity (Wildman–Crippen MR) is 82.4 cm³/mol. The first-order valence-corrected chi connectivity index (χ1v) is 7.25. The van der Waals surface area contributed by atoms with E-state index in [1.807, 2.05) is 38.1 Å². The van der Waals surface area contributed by atoms with E-state index in [0.29, 0.717) is 32.7 Å². The maximum Gasteiger partial charge on any atom is 0.321 e. The first-order chi connectivity index (χ1) is 10.1. The summed E-state index contributed by atoms with van der Waals surface area (Å²) in [6.45, 7) is 6.72. The number of anilines is 1. The second-order valence-electron chi connectivity index (χ2n) is 5.11. The van der Waals surface area contributed by atoms with Crippen LogP contribution < -0.4 is 10.6 Å². The maximum atomic E-state index is 12.2. The third-order valence-corrected chi connectivity index (χ3v) is 3.45. The number of hydrogen-bond acceptors (Lipinski definition) is 2. The molecule has 4 amide bonds. The number of nitrogens with zero attached hydrogens (tertiary/aromatic N) is 2. The third-order valence-electron chi connectivity index (χ3n) is 3.45. The Morgan fingerprint density at radius 3 is 2.29 bits per heavy atom. The van der Waals surface area contributed by atoms with Gasteiger partial charge in [-0.3, -0.25) is 0 Å². The van der Waals surface area contributed by atoms with Crippen LogP contribution in [0.5, 0.6) is 0 Å². The fraction of sp³-hybridized carbons (Fsp3) is 0.467. The molecule has 0 atom stereocenters. The maximum absolute atomic E-state index is 12.2. The normalized spacial score (nSPS) is 14.8. The van der Waals surface area contributed by atoms with Gasteiger partial charge in [0.1, 0.15) is 0 Å². The summed E-state index contributed by atoms with van der Waals surface area (Å²) in [5.41, 5.74) is 1.90. The highest BCUT2D eigenvalue weighted by Gasteiger charge is 2.23. The molecule has 21 heavy (non-hydrogen) atoms. The number of carbonyl (C=O) groups excluding carboxylic acids is 2. The smallest absolute Gasteiger partial charge is 0.321 e. The first-order valence-electron chi connectivity index (χ1n) is 7.25. The summed E-state index contributed by atoms with van der Waals surface area (Å²) in [6, 6.07) is 7.53. The van der Waals surface area contributed by atoms with Gasteiger partial charge in [0, 0.05) is 38.4 Å². The molecule has 0 aromatic heterocycles. The van der Waals surface area contributed by atoms with E-state index >= 15 is 0 Å². The molecule has 2 N–H and O–H groups in total. The molecule has 0 bridgehead atoms. The van der Waals surface area contributed by atoms with Gasteiger partial charge in [0.2, 0.25) is 0 Å². The van der Waals surface area contributed by atoms with Crippen LogP contribution in [0.25, 0.3) is 0 Å². The number of hydrogen-bond donors (Lipinski definition) is 2. The summed E-state index contributed by atoms with van der Waals surface area (Å²) in [7, 11) is 0. The largest absolute Gasteiger partial charge is 0.338 e. The Morgan fingerprint density at radius 1 is 1.10 bits per heavy atom. The lowest BCUT2D eigenvalue weighted by molar-refractivity contribution is 0.149. The molecule has 114 valence electrons. The minimum absolute atomic E-state index is 0.0590. The van der Waals surface area contributed by atoms with Gasteiger partial charge >= 0.3 is 12.1 Å². The van der Waals surface area contributed by atoms with Crippen molar-refractivity contribution in [3.8, 4) is 0 Å². The van der Waals surface area contributed by atoms with Crippen molar-refractivity contribution in [3.05, 3.63) is 29.8 Å². The van der Waals surface area contributed by atoms with E-state index in [-0.39, 0.29) is 12.1 Å². The van der Waals surface area contributed by atoms with Gasteiger partial charge in [0.05, 0.1) is 0 Å². The van der Waals surface area contributed by atoms with Crippen LogP contribution in [0.1, 0.15) is 12.5 Å². The molecule has 2 rings (SSSR count). The quantitative estimate of drug-likeness (QED) is 0.873. The molecule has 1 aromatic rings. The van der Waals surface area contributed by atoms with Crippen molar-refractivity contribution >= 4 is 17.7 Å². The van der Waals surface area contributed by atoms with Gasteiger partial charge in [-0.05, 0) is 31.5 Å². The second kappa shape index (κ2) is 6.97. The third kappa shape index (κ3) is 4.11. The van der Waals surface area contributed by atoms with Crippen molar-refractivity contribution in [1.82, 2.24) is 15.1 Å². The molecule has 1 aromatic carbocycles. The number of amides is 4. The van der Waals surface area contributed by atoms with Crippen LogP contribution in [0, 0.1) is 6.92 Å². The van der Waals surface area contributed by atoms with Gasteiger partial charge in [0.25, 0.3) is 0 Å². The van der Waals surface area contributed by atoms with Gasteiger partial charge in [0.15, 0.2) is 0 Å². The molecule has 6 heteroatoms. The van der Waals surface area contributed by atoms with Crippen LogP contribution >= 0.6 is 0 Å². The minimum atomic E-state index is -0.115. The Hall–Kier alpha value is -2.24. The molecule has 0 saturated carbocycles. The Labute approximate surface area is 125 Å². The lowest BCUT2D eigenvalue weighted by Gasteiger charge is -2.34. The number of rotatable bonds is 2. The molecular formula is C15H22N4O2. The Morgan fingerprint density at radius 2 is 1.71 bits per heavy atom. The second-order valence-corrected chi connectivity index (χ2v) is 5.11. The van der Waals surface area contributed by atoms with Crippen LogP contribution in [0.3, 0.4) is 0 Å². The number of urea groups is 2. The van der Waals surface area contributed by atoms with E-state index in [1.165, 1.54) is 0 Å². The van der Waals surface area contributed by atoms with Crippen molar-refractivity contribution < 1.29 is 9.59 Å². The molecule has 0 radical (unpaired) electrons. The van der Waals surface area contributed by atoms with Crippen LogP contribution in [0.15, 0.2) is 24.3 Å². The van der Waals surface area contributed by atoms with Gasteiger partial charge in [-0.25, -0.2) is 9.59 Å². The highest BCUT2D eigenvalue weighted by Crippen LogP contribution is 2.11. The van der Waals surface area contributed by atoms with E-state index in [1.54, 1.807) is 9.80 Å². The zero-order valence-corrected chi connectivity index (χ0v) is 12.6. The first kappa shape index (κ1) is 15.2. The lowest BCUT2D eigenvalue weighted by atomic mass is 10.2. The van der Waals surface area contributed by atoms with Crippen LogP contribution in [-0.2, 0) is 0 Å². The highest BCUT2D eigenvalue weighted by molar-refractivity contribution is 5.89. The van der Waals surface area contributed by atoms with Gasteiger partial charge < -0.3 is 20.4 Å². The SMILES string of the molecule is CCNC(=O)N1CCN(C(=O)Nc2cccc(C)c2)CC1. The van der Waals surface area contributed by atoms with E-state index in [4.69, 9.17) is 0 Å². The Kier molecular flexibility index (Phi) is 5.03. The monoisotopic (exact) mass is 290 g/mol. The molecule has 1 fully saturated rings. The average molecular weight is 290 g/mol. The van der Waals surface area contributed by atoms with E-state index in [2.05, 4.69) is 10.6 Å². The molecular weight excluding hydrogens is 268 g/mol. The topological polar surface area (TPSA) is 64.7 Å². The number of nitrogens with one attached hydrogen (secondary N) is 2. The fourth-order valence-corrected chi connectivity index (χ4v) is 2.30. The summed E-state index contributed by atoms with van der Waals surface area (Å²) < 4.78 is 0. The molecule has 1 aliphatic heterocycles. The fourth-order valence-electron chi connectivity index (χ4n) is 2.30. The summed E-state index contributed by atoms with van der Waals surface area (Å²) in [5.74, 6) is 0. The predicted octanol–water partition coefficient (Wildman–Crippen LogP) is 1.87. The number of piperazine rings is 1. The molecule has 0 unspecified atom stereocenters. The van der Waals surface area contributed by atoms with E-state index < -0.39 is 0 Å².